The molecule has 0 spiro atoms. The molecule has 1 rings (SSSR count). The van der Waals surface area contributed by atoms with E-state index in [2.05, 4.69) is 13.0 Å². The molecule has 0 bridgehead atoms. The lowest BCUT2D eigenvalue weighted by molar-refractivity contribution is 0.239. The summed E-state index contributed by atoms with van der Waals surface area (Å²) < 4.78 is 5.24. The molecule has 2 heteroatoms. The van der Waals surface area contributed by atoms with Gasteiger partial charge in [0.05, 0.1) is 12.7 Å². The van der Waals surface area contributed by atoms with Gasteiger partial charge in [0.15, 0.2) is 0 Å². The minimum absolute atomic E-state index is 0.121. The Morgan fingerprint density at radius 1 is 1.64 bits per heavy atom. The average molecular weight is 156 g/mol. The summed E-state index contributed by atoms with van der Waals surface area (Å²) in [5, 5.41) is 8.71. The van der Waals surface area contributed by atoms with Crippen LogP contribution in [0.4, 0.5) is 0 Å². The summed E-state index contributed by atoms with van der Waals surface area (Å²) in [6.07, 6.45) is 5.66. The Morgan fingerprint density at radius 3 is 2.82 bits per heavy atom. The highest BCUT2D eigenvalue weighted by atomic mass is 16.6. The number of epoxide rings is 1. The number of aliphatic hydroxyl groups is 1. The first-order valence-corrected chi connectivity index (χ1v) is 4.17. The molecule has 0 aliphatic carbocycles. The van der Waals surface area contributed by atoms with Crippen molar-refractivity contribution in [1.82, 2.24) is 0 Å². The molecular weight excluding hydrogens is 140 g/mol. The predicted molar refractivity (Wildman–Crippen MR) is 44.3 cm³/mol. The van der Waals surface area contributed by atoms with Crippen molar-refractivity contribution >= 4 is 0 Å². The van der Waals surface area contributed by atoms with Crippen molar-refractivity contribution < 1.29 is 9.84 Å². The number of hydrogen-bond donors (Lipinski definition) is 1. The minimum Gasteiger partial charge on any atom is -0.394 e. The van der Waals surface area contributed by atoms with E-state index in [0.29, 0.717) is 12.0 Å². The van der Waals surface area contributed by atoms with E-state index in [-0.39, 0.29) is 12.7 Å². The molecule has 1 N–H and O–H groups in total. The zero-order chi connectivity index (χ0) is 8.27. The van der Waals surface area contributed by atoms with E-state index < -0.39 is 0 Å². The third-order valence-electron chi connectivity index (χ3n) is 2.11. The standard InChI is InChI=1S/C9H16O2/c1-3-4-5-7(2)9-8(6-10)11-9/h3-4,7-10H,5-6H2,1-2H3/b4-3+. The van der Waals surface area contributed by atoms with Crippen LogP contribution in [0.3, 0.4) is 0 Å². The van der Waals surface area contributed by atoms with Crippen LogP contribution in [0.15, 0.2) is 12.2 Å². The SMILES string of the molecule is C/C=C/CC(C)C1OC1CO. The van der Waals surface area contributed by atoms with Crippen LogP contribution in [0, 0.1) is 5.92 Å². The third-order valence-corrected chi connectivity index (χ3v) is 2.11. The van der Waals surface area contributed by atoms with Crippen LogP contribution in [0.1, 0.15) is 20.3 Å². The molecule has 0 aromatic carbocycles. The fourth-order valence-electron chi connectivity index (χ4n) is 1.29. The number of rotatable bonds is 4. The summed E-state index contributed by atoms with van der Waals surface area (Å²) in [5.41, 5.74) is 0. The van der Waals surface area contributed by atoms with Crippen molar-refractivity contribution in [3.63, 3.8) is 0 Å². The fraction of sp³-hybridized carbons (Fsp3) is 0.778. The van der Waals surface area contributed by atoms with Crippen molar-refractivity contribution in [3.05, 3.63) is 12.2 Å². The van der Waals surface area contributed by atoms with E-state index >= 15 is 0 Å². The summed E-state index contributed by atoms with van der Waals surface area (Å²) in [4.78, 5) is 0. The summed E-state index contributed by atoms with van der Waals surface area (Å²) in [6.45, 7) is 4.34. The van der Waals surface area contributed by atoms with Crippen molar-refractivity contribution in [2.24, 2.45) is 5.92 Å². The Balaban J connectivity index is 2.17. The second-order valence-electron chi connectivity index (χ2n) is 3.10. The van der Waals surface area contributed by atoms with Gasteiger partial charge in [0.25, 0.3) is 0 Å². The Kier molecular flexibility index (Phi) is 3.09. The Morgan fingerprint density at radius 2 is 2.36 bits per heavy atom. The zero-order valence-electron chi connectivity index (χ0n) is 7.16. The lowest BCUT2D eigenvalue weighted by Gasteiger charge is -2.02. The van der Waals surface area contributed by atoms with Crippen molar-refractivity contribution in [1.29, 1.82) is 0 Å². The Bertz CT molecular complexity index is 142. The minimum atomic E-state index is 0.121. The largest absolute Gasteiger partial charge is 0.394 e. The highest BCUT2D eigenvalue weighted by molar-refractivity contribution is 4.92. The van der Waals surface area contributed by atoms with E-state index in [1.807, 2.05) is 13.0 Å². The normalized spacial score (nSPS) is 32.6. The van der Waals surface area contributed by atoms with Crippen LogP contribution >= 0.6 is 0 Å². The first kappa shape index (κ1) is 8.75. The molecule has 2 nitrogen and oxygen atoms in total. The van der Waals surface area contributed by atoms with E-state index in [4.69, 9.17) is 9.84 Å². The Hall–Kier alpha value is -0.340. The van der Waals surface area contributed by atoms with E-state index in [1.54, 1.807) is 0 Å². The summed E-state index contributed by atoms with van der Waals surface area (Å²) in [5.74, 6) is 0.545. The van der Waals surface area contributed by atoms with E-state index in [9.17, 15) is 0 Å². The molecule has 3 unspecified atom stereocenters. The quantitative estimate of drug-likeness (QED) is 0.492. The summed E-state index contributed by atoms with van der Waals surface area (Å²) in [6, 6.07) is 0. The van der Waals surface area contributed by atoms with Crippen LogP contribution in [0.2, 0.25) is 0 Å². The second kappa shape index (κ2) is 3.88. The van der Waals surface area contributed by atoms with Gasteiger partial charge in [0, 0.05) is 0 Å². The molecule has 1 saturated heterocycles. The number of ether oxygens (including phenoxy) is 1. The van der Waals surface area contributed by atoms with Crippen molar-refractivity contribution in [2.75, 3.05) is 6.61 Å². The monoisotopic (exact) mass is 156 g/mol. The van der Waals surface area contributed by atoms with E-state index in [1.165, 1.54) is 0 Å². The van der Waals surface area contributed by atoms with Gasteiger partial charge in [0.2, 0.25) is 0 Å². The van der Waals surface area contributed by atoms with E-state index in [0.717, 1.165) is 6.42 Å². The van der Waals surface area contributed by atoms with Crippen LogP contribution in [0.5, 0.6) is 0 Å². The average Bonchev–Trinajstić information content (AvgIpc) is 2.78. The molecule has 0 aromatic heterocycles. The second-order valence-corrected chi connectivity index (χ2v) is 3.10. The molecule has 1 heterocycles. The summed E-state index contributed by atoms with van der Waals surface area (Å²) >= 11 is 0. The van der Waals surface area contributed by atoms with Gasteiger partial charge in [-0.2, -0.15) is 0 Å². The molecule has 0 saturated carbocycles. The van der Waals surface area contributed by atoms with Gasteiger partial charge in [-0.05, 0) is 19.3 Å². The van der Waals surface area contributed by atoms with Gasteiger partial charge in [-0.1, -0.05) is 19.1 Å². The Labute approximate surface area is 67.9 Å². The van der Waals surface area contributed by atoms with Crippen LogP contribution in [0.25, 0.3) is 0 Å². The van der Waals surface area contributed by atoms with Gasteiger partial charge >= 0.3 is 0 Å². The van der Waals surface area contributed by atoms with Gasteiger partial charge in [0.1, 0.15) is 6.10 Å². The van der Waals surface area contributed by atoms with Crippen molar-refractivity contribution in [2.45, 2.75) is 32.5 Å². The molecule has 11 heavy (non-hydrogen) atoms. The molecule has 1 fully saturated rings. The molecule has 0 aromatic rings. The molecule has 3 atom stereocenters. The number of hydrogen-bond acceptors (Lipinski definition) is 2. The first-order chi connectivity index (χ1) is 5.29. The van der Waals surface area contributed by atoms with Gasteiger partial charge in [-0.25, -0.2) is 0 Å². The third kappa shape index (κ3) is 2.31. The maximum absolute atomic E-state index is 8.71. The zero-order valence-corrected chi connectivity index (χ0v) is 7.16. The van der Waals surface area contributed by atoms with Crippen LogP contribution < -0.4 is 0 Å². The summed E-state index contributed by atoms with van der Waals surface area (Å²) in [7, 11) is 0. The molecule has 1 aliphatic rings. The fourth-order valence-corrected chi connectivity index (χ4v) is 1.29. The topological polar surface area (TPSA) is 32.8 Å². The molecular formula is C9H16O2. The lowest BCUT2D eigenvalue weighted by atomic mass is 10.0. The van der Waals surface area contributed by atoms with Gasteiger partial charge in [-0.15, -0.1) is 0 Å². The number of allylic oxidation sites excluding steroid dienone is 2. The highest BCUT2D eigenvalue weighted by Gasteiger charge is 2.41. The first-order valence-electron chi connectivity index (χ1n) is 4.17. The van der Waals surface area contributed by atoms with Gasteiger partial charge in [-0.3, -0.25) is 0 Å². The molecule has 64 valence electrons. The molecule has 0 radical (unpaired) electrons. The molecule has 0 amide bonds. The maximum Gasteiger partial charge on any atom is 0.107 e. The lowest BCUT2D eigenvalue weighted by Crippen LogP contribution is -2.08. The highest BCUT2D eigenvalue weighted by Crippen LogP contribution is 2.30. The molecule has 1 aliphatic heterocycles. The number of aliphatic hydroxyl groups excluding tert-OH is 1. The van der Waals surface area contributed by atoms with Crippen LogP contribution in [-0.4, -0.2) is 23.9 Å². The van der Waals surface area contributed by atoms with Crippen molar-refractivity contribution in [3.8, 4) is 0 Å². The predicted octanol–water partition coefficient (Wildman–Crippen LogP) is 1.35. The van der Waals surface area contributed by atoms with Gasteiger partial charge < -0.3 is 9.84 Å². The van der Waals surface area contributed by atoms with Crippen LogP contribution in [-0.2, 0) is 4.74 Å². The smallest absolute Gasteiger partial charge is 0.107 e. The maximum atomic E-state index is 8.71.